The summed E-state index contributed by atoms with van der Waals surface area (Å²) in [6.07, 6.45) is 6.55. The zero-order chi connectivity index (χ0) is 31.8. The highest BCUT2D eigenvalue weighted by Crippen LogP contribution is 2.40. The lowest BCUT2D eigenvalue weighted by Gasteiger charge is -2.17. The number of aromatic nitrogens is 1. The second-order valence-electron chi connectivity index (χ2n) is 14.5. The molecule has 0 aliphatic carbocycles. The van der Waals surface area contributed by atoms with Crippen molar-refractivity contribution in [2.24, 2.45) is 5.92 Å². The second-order valence-corrected chi connectivity index (χ2v) is 25.7. The molecule has 238 valence electrons. The minimum absolute atomic E-state index is 0.166. The standard InChI is InChI=1S/C35H55NO5Si2/c1-11-25(2)12-13-26(3)20-29-27(4)32(41-24-39-17-19-43(8,9)10)21-30-33-28(22-37)14-15-31(35(33)36-34(29)30)40-23-38-16-18-42(5,6)7/h14-15,20-22,25,36H,11-13,16-19,23-24H2,1-10H3/b26-20+. The van der Waals surface area contributed by atoms with Crippen LogP contribution in [0.1, 0.15) is 61.5 Å². The van der Waals surface area contributed by atoms with Crippen LogP contribution in [0.15, 0.2) is 23.8 Å². The smallest absolute Gasteiger partial charge is 0.189 e. The molecule has 1 unspecified atom stereocenters. The molecule has 0 fully saturated rings. The summed E-state index contributed by atoms with van der Waals surface area (Å²) in [6, 6.07) is 7.89. The molecule has 1 aromatic heterocycles. The second kappa shape index (κ2) is 15.6. The summed E-state index contributed by atoms with van der Waals surface area (Å²) >= 11 is 0. The van der Waals surface area contributed by atoms with Gasteiger partial charge in [0.15, 0.2) is 19.9 Å². The molecule has 3 rings (SSSR count). The number of carbonyl (C=O) groups is 1. The maximum absolute atomic E-state index is 12.2. The molecule has 0 bridgehead atoms. The fourth-order valence-corrected chi connectivity index (χ4v) is 6.39. The number of hydrogen-bond donors (Lipinski definition) is 1. The largest absolute Gasteiger partial charge is 0.467 e. The van der Waals surface area contributed by atoms with Gasteiger partial charge in [-0.15, -0.1) is 0 Å². The molecule has 1 atom stereocenters. The summed E-state index contributed by atoms with van der Waals surface area (Å²) in [5, 5.41) is 1.77. The molecule has 0 radical (unpaired) electrons. The summed E-state index contributed by atoms with van der Waals surface area (Å²) in [5.74, 6) is 2.12. The number of hydrogen-bond acceptors (Lipinski definition) is 5. The molecule has 2 aromatic carbocycles. The van der Waals surface area contributed by atoms with Gasteiger partial charge in [0.05, 0.1) is 11.0 Å². The molecule has 6 nitrogen and oxygen atoms in total. The Kier molecular flexibility index (Phi) is 12.7. The van der Waals surface area contributed by atoms with E-state index in [1.165, 1.54) is 12.0 Å². The highest BCUT2D eigenvalue weighted by molar-refractivity contribution is 6.76. The van der Waals surface area contributed by atoms with Gasteiger partial charge >= 0.3 is 0 Å². The van der Waals surface area contributed by atoms with Gasteiger partial charge in [-0.2, -0.15) is 0 Å². The first-order valence-electron chi connectivity index (χ1n) is 15.9. The van der Waals surface area contributed by atoms with E-state index in [0.29, 0.717) is 30.4 Å². The zero-order valence-electron chi connectivity index (χ0n) is 28.4. The Hall–Kier alpha value is -2.40. The number of carbonyl (C=O) groups excluding carboxylic acids is 1. The molecule has 0 aliphatic heterocycles. The summed E-state index contributed by atoms with van der Waals surface area (Å²) in [6.45, 7) is 24.6. The molecule has 0 saturated heterocycles. The van der Waals surface area contributed by atoms with Crippen LogP contribution in [-0.4, -0.2) is 54.2 Å². The third-order valence-electron chi connectivity index (χ3n) is 8.14. The molecule has 8 heteroatoms. The summed E-state index contributed by atoms with van der Waals surface area (Å²) < 4.78 is 24.1. The van der Waals surface area contributed by atoms with Crippen molar-refractivity contribution < 1.29 is 23.7 Å². The maximum atomic E-state index is 12.2. The van der Waals surface area contributed by atoms with E-state index in [-0.39, 0.29) is 13.6 Å². The van der Waals surface area contributed by atoms with Crippen molar-refractivity contribution >= 4 is 50.3 Å². The first-order valence-corrected chi connectivity index (χ1v) is 23.3. The van der Waals surface area contributed by atoms with E-state index in [4.69, 9.17) is 18.9 Å². The van der Waals surface area contributed by atoms with Crippen molar-refractivity contribution in [2.45, 2.75) is 98.3 Å². The van der Waals surface area contributed by atoms with Gasteiger partial charge in [-0.25, -0.2) is 0 Å². The molecular weight excluding hydrogens is 571 g/mol. The van der Waals surface area contributed by atoms with E-state index in [1.807, 2.05) is 18.2 Å². The third-order valence-corrected chi connectivity index (χ3v) is 11.5. The highest BCUT2D eigenvalue weighted by atomic mass is 28.3. The lowest BCUT2D eigenvalue weighted by molar-refractivity contribution is 0.0217. The number of benzene rings is 2. The minimum atomic E-state index is -1.19. The first kappa shape index (κ1) is 35.1. The van der Waals surface area contributed by atoms with Crippen LogP contribution in [-0.2, 0) is 9.47 Å². The van der Waals surface area contributed by atoms with Gasteiger partial charge in [-0.1, -0.05) is 71.2 Å². The van der Waals surface area contributed by atoms with Crippen molar-refractivity contribution in [2.75, 3.05) is 26.8 Å². The maximum Gasteiger partial charge on any atom is 0.189 e. The van der Waals surface area contributed by atoms with E-state index in [2.05, 4.69) is 78.0 Å². The molecule has 1 heterocycles. The van der Waals surface area contributed by atoms with E-state index < -0.39 is 16.1 Å². The van der Waals surface area contributed by atoms with Crippen LogP contribution in [0.5, 0.6) is 11.5 Å². The first-order chi connectivity index (χ1) is 20.2. The van der Waals surface area contributed by atoms with Crippen LogP contribution in [0.4, 0.5) is 0 Å². The number of aromatic amines is 1. The van der Waals surface area contributed by atoms with Crippen molar-refractivity contribution in [1.82, 2.24) is 4.98 Å². The van der Waals surface area contributed by atoms with Crippen LogP contribution >= 0.6 is 0 Å². The zero-order valence-corrected chi connectivity index (χ0v) is 30.4. The van der Waals surface area contributed by atoms with Crippen molar-refractivity contribution in [3.8, 4) is 11.5 Å². The predicted octanol–water partition coefficient (Wildman–Crippen LogP) is 10.1. The summed E-state index contributed by atoms with van der Waals surface area (Å²) in [5.41, 5.74) is 5.80. The molecule has 3 aromatic rings. The number of rotatable bonds is 18. The molecule has 43 heavy (non-hydrogen) atoms. The molecule has 0 aliphatic rings. The number of allylic oxidation sites excluding steroid dienone is 1. The molecule has 0 amide bonds. The van der Waals surface area contributed by atoms with Gasteiger partial charge < -0.3 is 23.9 Å². The van der Waals surface area contributed by atoms with Crippen LogP contribution < -0.4 is 9.47 Å². The van der Waals surface area contributed by atoms with Crippen LogP contribution in [0, 0.1) is 12.8 Å². The van der Waals surface area contributed by atoms with E-state index in [0.717, 1.165) is 69.9 Å². The fraction of sp³-hybridized carbons (Fsp3) is 0.571. The molecular formula is C35H55NO5Si2. The fourth-order valence-electron chi connectivity index (χ4n) is 4.88. The number of fused-ring (bicyclic) bond motifs is 3. The van der Waals surface area contributed by atoms with Gasteiger partial charge in [0.2, 0.25) is 0 Å². The number of H-pyrrole nitrogens is 1. The molecule has 0 saturated carbocycles. The Morgan fingerprint density at radius 2 is 1.53 bits per heavy atom. The van der Waals surface area contributed by atoms with Gasteiger partial charge in [-0.3, -0.25) is 4.79 Å². The Morgan fingerprint density at radius 1 is 0.930 bits per heavy atom. The van der Waals surface area contributed by atoms with E-state index >= 15 is 0 Å². The van der Waals surface area contributed by atoms with Crippen molar-refractivity contribution in [3.63, 3.8) is 0 Å². The average molecular weight is 626 g/mol. The Labute approximate surface area is 261 Å². The molecule has 1 N–H and O–H groups in total. The monoisotopic (exact) mass is 625 g/mol. The lowest BCUT2D eigenvalue weighted by atomic mass is 9.96. The number of ether oxygens (including phenoxy) is 4. The van der Waals surface area contributed by atoms with Gasteiger partial charge in [0.25, 0.3) is 0 Å². The quantitative estimate of drug-likeness (QED) is 0.0659. The topological polar surface area (TPSA) is 69.8 Å². The summed E-state index contributed by atoms with van der Waals surface area (Å²) in [4.78, 5) is 15.9. The minimum Gasteiger partial charge on any atom is -0.467 e. The van der Waals surface area contributed by atoms with Crippen molar-refractivity contribution in [3.05, 3.63) is 40.5 Å². The van der Waals surface area contributed by atoms with Crippen molar-refractivity contribution in [1.29, 1.82) is 0 Å². The van der Waals surface area contributed by atoms with E-state index in [1.54, 1.807) is 0 Å². The number of nitrogens with one attached hydrogen (secondary N) is 1. The molecule has 0 spiro atoms. The van der Waals surface area contributed by atoms with Gasteiger partial charge in [0.1, 0.15) is 11.5 Å². The lowest BCUT2D eigenvalue weighted by Crippen LogP contribution is -2.22. The summed E-state index contributed by atoms with van der Waals surface area (Å²) in [7, 11) is -2.37. The average Bonchev–Trinajstić information content (AvgIpc) is 3.31. The normalized spacial score (nSPS) is 13.6. The Bertz CT molecular complexity index is 1400. The van der Waals surface area contributed by atoms with Gasteiger partial charge in [-0.05, 0) is 62.9 Å². The Balaban J connectivity index is 2.04. The van der Waals surface area contributed by atoms with E-state index in [9.17, 15) is 4.79 Å². The SMILES string of the molecule is CCC(C)CC/C(C)=C/c1c(C)c(OCOCC[Si](C)(C)C)cc2c1[nH]c1c(OCOCC[Si](C)(C)C)ccc(C=O)c12. The number of aldehydes is 1. The Morgan fingerprint density at radius 3 is 2.09 bits per heavy atom. The third kappa shape index (κ3) is 10.3. The van der Waals surface area contributed by atoms with Crippen LogP contribution in [0.3, 0.4) is 0 Å². The van der Waals surface area contributed by atoms with Crippen LogP contribution in [0.25, 0.3) is 27.9 Å². The van der Waals surface area contributed by atoms with Crippen LogP contribution in [0.2, 0.25) is 51.4 Å². The van der Waals surface area contributed by atoms with Gasteiger partial charge in [0, 0.05) is 56.8 Å². The predicted molar refractivity (Wildman–Crippen MR) is 187 cm³/mol. The highest BCUT2D eigenvalue weighted by Gasteiger charge is 2.20.